The van der Waals surface area contributed by atoms with Crippen LogP contribution in [0.25, 0.3) is 0 Å². The molecule has 2 unspecified atom stereocenters. The van der Waals surface area contributed by atoms with Gasteiger partial charge in [-0.3, -0.25) is 0 Å². The Morgan fingerprint density at radius 3 is 1.43 bits per heavy atom. The van der Waals surface area contributed by atoms with Gasteiger partial charge in [-0.05, 0) is 40.8 Å². The van der Waals surface area contributed by atoms with Crippen LogP contribution in [0.4, 0.5) is 0 Å². The molecule has 6 rings (SSSR count). The summed E-state index contributed by atoms with van der Waals surface area (Å²) in [6.45, 7) is 4.77. The van der Waals surface area contributed by atoms with Gasteiger partial charge in [-0.25, -0.2) is 34.4 Å². The van der Waals surface area contributed by atoms with Crippen LogP contribution in [0, 0.1) is 22.9 Å². The second kappa shape index (κ2) is 14.1. The molecule has 4 fully saturated rings. The molecule has 6 aliphatic rings. The maximum Gasteiger partial charge on any atom is 4.00 e. The van der Waals surface area contributed by atoms with E-state index in [0.717, 1.165) is 11.8 Å². The SMILES string of the molecule is CCC[Si]1([C-]2CCC3CC=CC=C23)CCC1.CCC[Si]1([C-]2CCC3CC=CC=C23)CCC1.[Cl-].[Cl-].[Hf+4]. The van der Waals surface area contributed by atoms with Crippen molar-refractivity contribution < 1.29 is 50.7 Å². The molecule has 2 atom stereocenters. The van der Waals surface area contributed by atoms with Gasteiger partial charge in [-0.1, -0.05) is 101 Å². The van der Waals surface area contributed by atoms with Gasteiger partial charge >= 0.3 is 25.8 Å². The number of hydrogen-bond donors (Lipinski definition) is 0. The van der Waals surface area contributed by atoms with E-state index in [4.69, 9.17) is 0 Å². The number of allylic oxidation sites excluding steroid dienone is 8. The van der Waals surface area contributed by atoms with E-state index in [0.29, 0.717) is 0 Å². The van der Waals surface area contributed by atoms with E-state index in [1.807, 2.05) is 22.2 Å². The normalized spacial score (nSPS) is 28.3. The zero-order valence-corrected chi connectivity index (χ0v) is 29.3. The van der Waals surface area contributed by atoms with Crippen molar-refractivity contribution in [3.63, 3.8) is 0 Å². The Kier molecular flexibility index (Phi) is 12.8. The monoisotopic (exact) mass is 712 g/mol. The minimum Gasteiger partial charge on any atom is -1.00 e. The van der Waals surface area contributed by atoms with Gasteiger partial charge in [0, 0.05) is 0 Å². The molecule has 2 saturated carbocycles. The van der Waals surface area contributed by atoms with Gasteiger partial charge in [0.05, 0.1) is 0 Å². The Hall–Kier alpha value is 0.584. The Balaban J connectivity index is 0.000000227. The van der Waals surface area contributed by atoms with Crippen molar-refractivity contribution >= 4 is 16.1 Å². The number of fused-ring (bicyclic) bond motifs is 2. The second-order valence-electron chi connectivity index (χ2n) is 11.8. The summed E-state index contributed by atoms with van der Waals surface area (Å²) in [6.07, 6.45) is 28.7. The molecule has 0 spiro atoms. The van der Waals surface area contributed by atoms with Crippen LogP contribution >= 0.6 is 0 Å². The molecule has 0 amide bonds. The molecule has 0 nitrogen and oxygen atoms in total. The summed E-state index contributed by atoms with van der Waals surface area (Å²) in [5.74, 6) is 1.84. The maximum atomic E-state index is 2.46. The Labute approximate surface area is 250 Å². The van der Waals surface area contributed by atoms with Gasteiger partial charge in [0.2, 0.25) is 0 Å². The molecular formula is C30H46Cl2HfSi2. The van der Waals surface area contributed by atoms with Crippen LogP contribution in [-0.4, -0.2) is 16.1 Å². The predicted octanol–water partition coefficient (Wildman–Crippen LogP) is 3.32. The molecule has 0 aromatic heterocycles. The van der Waals surface area contributed by atoms with Crippen LogP contribution in [0.3, 0.4) is 0 Å². The summed E-state index contributed by atoms with van der Waals surface area (Å²) in [5.41, 5.74) is 7.63. The summed E-state index contributed by atoms with van der Waals surface area (Å²) < 4.78 is 0. The van der Waals surface area contributed by atoms with Crippen LogP contribution in [0.5, 0.6) is 0 Å². The fourth-order valence-electron chi connectivity index (χ4n) is 8.23. The van der Waals surface area contributed by atoms with Gasteiger partial charge in [-0.15, -0.1) is 24.3 Å². The minimum atomic E-state index is -0.904. The molecule has 0 aromatic rings. The number of hydrogen-bond acceptors (Lipinski definition) is 0. The third-order valence-corrected chi connectivity index (χ3v) is 21.9. The Morgan fingerprint density at radius 1 is 0.714 bits per heavy atom. The molecule has 0 bridgehead atoms. The van der Waals surface area contributed by atoms with Crippen LogP contribution in [-0.2, 0) is 25.8 Å². The molecule has 0 N–H and O–H groups in total. The molecule has 4 aliphatic carbocycles. The zero-order chi connectivity index (χ0) is 22.0. The molecular weight excluding hydrogens is 666 g/mol. The molecule has 2 heterocycles. The second-order valence-corrected chi connectivity index (χ2v) is 21.1. The van der Waals surface area contributed by atoms with Crippen molar-refractivity contribution in [3.8, 4) is 0 Å². The van der Waals surface area contributed by atoms with Gasteiger partial charge < -0.3 is 24.8 Å². The Morgan fingerprint density at radius 2 is 1.11 bits per heavy atom. The van der Waals surface area contributed by atoms with E-state index in [1.54, 1.807) is 36.3 Å². The average molecular weight is 712 g/mol. The van der Waals surface area contributed by atoms with Crippen molar-refractivity contribution in [1.29, 1.82) is 0 Å². The predicted molar refractivity (Wildman–Crippen MR) is 146 cm³/mol. The topological polar surface area (TPSA) is 0 Å². The molecule has 5 heteroatoms. The van der Waals surface area contributed by atoms with E-state index in [-0.39, 0.29) is 50.7 Å². The van der Waals surface area contributed by atoms with Crippen molar-refractivity contribution in [3.05, 3.63) is 58.7 Å². The zero-order valence-electron chi connectivity index (χ0n) is 22.2. The summed E-state index contributed by atoms with van der Waals surface area (Å²) in [5, 5.41) is 0. The summed E-state index contributed by atoms with van der Waals surface area (Å²) in [6, 6.07) is 9.62. The first-order valence-corrected chi connectivity index (χ1v) is 19.4. The van der Waals surface area contributed by atoms with Gasteiger partial charge in [-0.2, -0.15) is 0 Å². The van der Waals surface area contributed by atoms with Crippen LogP contribution in [0.15, 0.2) is 47.6 Å². The Bertz CT molecular complexity index is 728. The molecule has 2 aliphatic heterocycles. The maximum absolute atomic E-state index is 2.46. The van der Waals surface area contributed by atoms with Gasteiger partial charge in [0.1, 0.15) is 0 Å². The van der Waals surface area contributed by atoms with Crippen molar-refractivity contribution in [2.24, 2.45) is 11.8 Å². The average Bonchev–Trinajstić information content (AvgIpc) is 3.39. The first-order valence-electron chi connectivity index (χ1n) is 14.2. The van der Waals surface area contributed by atoms with E-state index in [2.05, 4.69) is 50.3 Å². The number of halogens is 2. The van der Waals surface area contributed by atoms with Crippen molar-refractivity contribution in [2.75, 3.05) is 0 Å². The summed E-state index contributed by atoms with van der Waals surface area (Å²) in [7, 11) is -1.81. The smallest absolute Gasteiger partial charge is 1.00 e. The first-order chi connectivity index (χ1) is 15.7. The standard InChI is InChI=1S/2C15H23Si.2ClH.Hf/c2*1-2-10-16(11-5-12-16)15-9-8-13-6-3-4-7-14(13)15;;;/h2*3-4,7,13H,2,5-6,8-12H2,1H3;2*1H;/q2*-1;;;+4/p-2. The van der Waals surface area contributed by atoms with E-state index in [9.17, 15) is 0 Å². The van der Waals surface area contributed by atoms with E-state index >= 15 is 0 Å². The fourth-order valence-corrected chi connectivity index (χ4v) is 18.5. The first kappa shape index (κ1) is 31.8. The van der Waals surface area contributed by atoms with Crippen LogP contribution in [0.1, 0.15) is 78.1 Å². The molecule has 192 valence electrons. The quantitative estimate of drug-likeness (QED) is 0.293. The van der Waals surface area contributed by atoms with E-state index < -0.39 is 16.1 Å². The van der Waals surface area contributed by atoms with Gasteiger partial charge in [0.15, 0.2) is 0 Å². The van der Waals surface area contributed by atoms with Crippen molar-refractivity contribution in [2.45, 2.75) is 114 Å². The van der Waals surface area contributed by atoms with Crippen molar-refractivity contribution in [1.82, 2.24) is 0 Å². The summed E-state index contributed by atoms with van der Waals surface area (Å²) in [4.78, 5) is 0. The third-order valence-electron chi connectivity index (χ3n) is 10.1. The van der Waals surface area contributed by atoms with Crippen LogP contribution < -0.4 is 24.8 Å². The fraction of sp³-hybridized carbons (Fsp3) is 0.667. The largest absolute Gasteiger partial charge is 4.00 e. The molecule has 35 heavy (non-hydrogen) atoms. The third kappa shape index (κ3) is 6.26. The molecule has 0 radical (unpaired) electrons. The minimum absolute atomic E-state index is 0. The van der Waals surface area contributed by atoms with E-state index in [1.165, 1.54) is 64.2 Å². The number of rotatable bonds is 6. The van der Waals surface area contributed by atoms with Crippen LogP contribution in [0.2, 0.25) is 36.3 Å². The van der Waals surface area contributed by atoms with Gasteiger partial charge in [0.25, 0.3) is 0 Å². The molecule has 0 aromatic carbocycles. The summed E-state index contributed by atoms with van der Waals surface area (Å²) >= 11 is 0. The molecule has 2 saturated heterocycles.